The monoisotopic (exact) mass is 337 g/mol. The second-order valence-electron chi connectivity index (χ2n) is 5.45. The summed E-state index contributed by atoms with van der Waals surface area (Å²) in [4.78, 5) is 13.7. The number of rotatable bonds is 6. The van der Waals surface area contributed by atoms with E-state index in [1.807, 2.05) is 72.1 Å². The van der Waals surface area contributed by atoms with Crippen molar-refractivity contribution in [2.45, 2.75) is 12.5 Å². The molecule has 1 aromatic heterocycles. The van der Waals surface area contributed by atoms with Gasteiger partial charge in [-0.25, -0.2) is 0 Å². The second-order valence-corrected chi connectivity index (χ2v) is 6.43. The van der Waals surface area contributed by atoms with Crippen molar-refractivity contribution in [1.29, 1.82) is 0 Å². The van der Waals surface area contributed by atoms with Crippen LogP contribution in [0.4, 0.5) is 0 Å². The van der Waals surface area contributed by atoms with E-state index in [4.69, 9.17) is 4.74 Å². The lowest BCUT2D eigenvalue weighted by atomic mass is 10.0. The Kier molecular flexibility index (Phi) is 5.29. The summed E-state index contributed by atoms with van der Waals surface area (Å²) >= 11 is 1.65. The number of ether oxygens (including phenoxy) is 1. The van der Waals surface area contributed by atoms with E-state index in [0.717, 1.165) is 21.8 Å². The highest BCUT2D eigenvalue weighted by Gasteiger charge is 2.17. The summed E-state index contributed by atoms with van der Waals surface area (Å²) in [6.45, 7) is 0. The fraction of sp³-hybridized carbons (Fsp3) is 0.150. The van der Waals surface area contributed by atoms with E-state index >= 15 is 0 Å². The molecular formula is C20H19NO2S. The van der Waals surface area contributed by atoms with Gasteiger partial charge in [0.1, 0.15) is 5.75 Å². The smallest absolute Gasteiger partial charge is 0.225 e. The molecule has 3 nitrogen and oxygen atoms in total. The quantitative estimate of drug-likeness (QED) is 0.732. The Labute approximate surface area is 145 Å². The molecule has 122 valence electrons. The first-order chi connectivity index (χ1) is 11.8. The van der Waals surface area contributed by atoms with E-state index in [1.54, 1.807) is 18.4 Å². The largest absolute Gasteiger partial charge is 0.497 e. The normalized spacial score (nSPS) is 11.7. The van der Waals surface area contributed by atoms with Crippen LogP contribution in [0.15, 0.2) is 72.1 Å². The van der Waals surface area contributed by atoms with Crippen molar-refractivity contribution >= 4 is 17.2 Å². The standard InChI is InChI=1S/C20H19NO2S/c1-23-17-10-5-7-15(13-17)14-19(22)21-20(18-11-6-12-24-18)16-8-3-2-4-9-16/h2-13,20H,14H2,1H3,(H,21,22). The van der Waals surface area contributed by atoms with Gasteiger partial charge in [-0.3, -0.25) is 4.79 Å². The molecular weight excluding hydrogens is 318 g/mol. The third-order valence-corrected chi connectivity index (χ3v) is 4.70. The van der Waals surface area contributed by atoms with E-state index < -0.39 is 0 Å². The molecule has 0 aliphatic heterocycles. The number of hydrogen-bond donors (Lipinski definition) is 1. The van der Waals surface area contributed by atoms with Gasteiger partial charge in [0.2, 0.25) is 5.91 Å². The lowest BCUT2D eigenvalue weighted by molar-refractivity contribution is -0.120. The maximum Gasteiger partial charge on any atom is 0.225 e. The summed E-state index contributed by atoms with van der Waals surface area (Å²) in [5.41, 5.74) is 2.02. The number of methoxy groups -OCH3 is 1. The first-order valence-electron chi connectivity index (χ1n) is 7.77. The highest BCUT2D eigenvalue weighted by Crippen LogP contribution is 2.26. The van der Waals surface area contributed by atoms with Gasteiger partial charge in [0.05, 0.1) is 19.6 Å². The summed E-state index contributed by atoms with van der Waals surface area (Å²) in [7, 11) is 1.63. The van der Waals surface area contributed by atoms with Crippen molar-refractivity contribution < 1.29 is 9.53 Å². The second kappa shape index (κ2) is 7.79. The summed E-state index contributed by atoms with van der Waals surface area (Å²) in [6.07, 6.45) is 0.325. The van der Waals surface area contributed by atoms with Crippen LogP contribution < -0.4 is 10.1 Å². The minimum atomic E-state index is -0.121. The van der Waals surface area contributed by atoms with Crippen molar-refractivity contribution in [2.24, 2.45) is 0 Å². The van der Waals surface area contributed by atoms with Gasteiger partial charge in [-0.2, -0.15) is 0 Å². The Bertz CT molecular complexity index is 784. The van der Waals surface area contributed by atoms with Crippen LogP contribution in [-0.4, -0.2) is 13.0 Å². The van der Waals surface area contributed by atoms with Crippen molar-refractivity contribution in [3.05, 3.63) is 88.1 Å². The average Bonchev–Trinajstić information content (AvgIpc) is 3.15. The van der Waals surface area contributed by atoms with Crippen LogP contribution in [0.5, 0.6) is 5.75 Å². The van der Waals surface area contributed by atoms with E-state index in [2.05, 4.69) is 5.32 Å². The Morgan fingerprint density at radius 2 is 1.92 bits per heavy atom. The molecule has 2 aromatic carbocycles. The van der Waals surface area contributed by atoms with Crippen molar-refractivity contribution in [3.63, 3.8) is 0 Å². The van der Waals surface area contributed by atoms with Gasteiger partial charge in [0.25, 0.3) is 0 Å². The fourth-order valence-electron chi connectivity index (χ4n) is 2.60. The van der Waals surface area contributed by atoms with E-state index in [1.165, 1.54) is 0 Å². The van der Waals surface area contributed by atoms with Gasteiger partial charge in [0, 0.05) is 4.88 Å². The molecule has 1 amide bonds. The van der Waals surface area contributed by atoms with Crippen molar-refractivity contribution in [3.8, 4) is 5.75 Å². The molecule has 0 fully saturated rings. The highest BCUT2D eigenvalue weighted by atomic mass is 32.1. The first-order valence-corrected chi connectivity index (χ1v) is 8.65. The van der Waals surface area contributed by atoms with Gasteiger partial charge in [-0.1, -0.05) is 48.5 Å². The molecule has 0 bridgehead atoms. The molecule has 3 aromatic rings. The van der Waals surface area contributed by atoms with Gasteiger partial charge in [0.15, 0.2) is 0 Å². The number of carbonyl (C=O) groups is 1. The molecule has 24 heavy (non-hydrogen) atoms. The summed E-state index contributed by atoms with van der Waals surface area (Å²) in [6, 6.07) is 21.6. The third-order valence-electron chi connectivity index (χ3n) is 3.76. The van der Waals surface area contributed by atoms with Crippen LogP contribution in [0.2, 0.25) is 0 Å². The molecule has 0 spiro atoms. The van der Waals surface area contributed by atoms with E-state index in [-0.39, 0.29) is 11.9 Å². The highest BCUT2D eigenvalue weighted by molar-refractivity contribution is 7.10. The van der Waals surface area contributed by atoms with Gasteiger partial charge in [-0.05, 0) is 34.7 Å². The Morgan fingerprint density at radius 1 is 1.08 bits per heavy atom. The van der Waals surface area contributed by atoms with Crippen LogP contribution in [0.25, 0.3) is 0 Å². The molecule has 0 aliphatic carbocycles. The molecule has 1 atom stereocenters. The van der Waals surface area contributed by atoms with Crippen molar-refractivity contribution in [1.82, 2.24) is 5.32 Å². The van der Waals surface area contributed by atoms with Crippen LogP contribution in [0, 0.1) is 0 Å². The van der Waals surface area contributed by atoms with Gasteiger partial charge >= 0.3 is 0 Å². The zero-order chi connectivity index (χ0) is 16.8. The topological polar surface area (TPSA) is 38.3 Å². The summed E-state index contributed by atoms with van der Waals surface area (Å²) in [5, 5.41) is 5.18. The number of benzene rings is 2. The van der Waals surface area contributed by atoms with Crippen LogP contribution >= 0.6 is 11.3 Å². The van der Waals surface area contributed by atoms with Crippen LogP contribution in [-0.2, 0) is 11.2 Å². The van der Waals surface area contributed by atoms with Crippen LogP contribution in [0.3, 0.4) is 0 Å². The average molecular weight is 337 g/mol. The predicted molar refractivity (Wildman–Crippen MR) is 97.4 cm³/mol. The van der Waals surface area contributed by atoms with Crippen molar-refractivity contribution in [2.75, 3.05) is 7.11 Å². The number of carbonyl (C=O) groups excluding carboxylic acids is 1. The number of amides is 1. The summed E-state index contributed by atoms with van der Waals surface area (Å²) < 4.78 is 5.22. The lowest BCUT2D eigenvalue weighted by Crippen LogP contribution is -2.30. The van der Waals surface area contributed by atoms with Crippen LogP contribution in [0.1, 0.15) is 22.0 Å². The maximum atomic E-state index is 12.5. The number of nitrogens with one attached hydrogen (secondary N) is 1. The molecule has 0 aliphatic rings. The molecule has 0 saturated heterocycles. The Balaban J connectivity index is 1.76. The summed E-state index contributed by atoms with van der Waals surface area (Å²) in [5.74, 6) is 0.753. The molecule has 1 unspecified atom stereocenters. The van der Waals surface area contributed by atoms with Gasteiger partial charge < -0.3 is 10.1 Å². The number of thiophene rings is 1. The third kappa shape index (κ3) is 4.03. The zero-order valence-corrected chi connectivity index (χ0v) is 14.3. The molecule has 1 N–H and O–H groups in total. The first kappa shape index (κ1) is 16.3. The lowest BCUT2D eigenvalue weighted by Gasteiger charge is -2.18. The van der Waals surface area contributed by atoms with E-state index in [9.17, 15) is 4.79 Å². The molecule has 0 saturated carbocycles. The fourth-order valence-corrected chi connectivity index (χ4v) is 3.40. The molecule has 0 radical (unpaired) electrons. The SMILES string of the molecule is COc1cccc(CC(=O)NC(c2ccccc2)c2cccs2)c1. The molecule has 4 heteroatoms. The predicted octanol–water partition coefficient (Wildman–Crippen LogP) is 4.21. The molecule has 3 rings (SSSR count). The van der Waals surface area contributed by atoms with Gasteiger partial charge in [-0.15, -0.1) is 11.3 Å². The number of hydrogen-bond acceptors (Lipinski definition) is 3. The zero-order valence-electron chi connectivity index (χ0n) is 13.4. The Hall–Kier alpha value is -2.59. The minimum absolute atomic E-state index is 0.00879. The van der Waals surface area contributed by atoms with E-state index in [0.29, 0.717) is 6.42 Å². The Morgan fingerprint density at radius 3 is 2.62 bits per heavy atom. The molecule has 1 heterocycles. The minimum Gasteiger partial charge on any atom is -0.497 e. The maximum absolute atomic E-state index is 12.5.